The van der Waals surface area contributed by atoms with Crippen LogP contribution in [-0.2, 0) is 10.0 Å². The molecule has 1 aliphatic heterocycles. The molecule has 0 atom stereocenters. The Morgan fingerprint density at radius 1 is 0.867 bits per heavy atom. The molecule has 7 nitrogen and oxygen atoms in total. The Morgan fingerprint density at radius 2 is 1.57 bits per heavy atom. The molecule has 4 rings (SSSR count). The number of carbonyl (C=O) groups is 1. The summed E-state index contributed by atoms with van der Waals surface area (Å²) >= 11 is 11.9. The standard InChI is InChI=1S/C20H14Cl2N2O5S/c21-12-1-5-15(6-2-12)30(26,27)24-17-7-3-13(22)9-16(17)20(25)23-14-4-8-18-19(10-14)29-11-28-18/h1-10,24H,11H2,(H,23,25). The molecule has 154 valence electrons. The Labute approximate surface area is 182 Å². The predicted octanol–water partition coefficient (Wildman–Crippen LogP) is 4.78. The molecule has 1 heterocycles. The lowest BCUT2D eigenvalue weighted by Crippen LogP contribution is -2.18. The second-order valence-electron chi connectivity index (χ2n) is 6.27. The smallest absolute Gasteiger partial charge is 0.261 e. The molecule has 0 aromatic heterocycles. The second-order valence-corrected chi connectivity index (χ2v) is 8.83. The first kappa shape index (κ1) is 20.3. The normalized spacial score (nSPS) is 12.5. The van der Waals surface area contributed by atoms with Crippen molar-refractivity contribution in [2.45, 2.75) is 4.90 Å². The molecule has 0 spiro atoms. The number of ether oxygens (including phenoxy) is 2. The fourth-order valence-electron chi connectivity index (χ4n) is 2.78. The van der Waals surface area contributed by atoms with Crippen molar-refractivity contribution in [2.24, 2.45) is 0 Å². The van der Waals surface area contributed by atoms with Crippen molar-refractivity contribution in [3.8, 4) is 11.5 Å². The van der Waals surface area contributed by atoms with Gasteiger partial charge in [-0.2, -0.15) is 0 Å². The van der Waals surface area contributed by atoms with Crippen LogP contribution < -0.4 is 19.5 Å². The van der Waals surface area contributed by atoms with E-state index in [1.165, 1.54) is 42.5 Å². The third kappa shape index (κ3) is 4.30. The van der Waals surface area contributed by atoms with Crippen LogP contribution in [0, 0.1) is 0 Å². The van der Waals surface area contributed by atoms with Crippen molar-refractivity contribution in [1.29, 1.82) is 0 Å². The minimum absolute atomic E-state index is 0.00368. The highest BCUT2D eigenvalue weighted by Crippen LogP contribution is 2.34. The van der Waals surface area contributed by atoms with Gasteiger partial charge in [0.05, 0.1) is 16.1 Å². The zero-order valence-corrected chi connectivity index (χ0v) is 17.5. The lowest BCUT2D eigenvalue weighted by molar-refractivity contribution is 0.102. The minimum Gasteiger partial charge on any atom is -0.454 e. The Balaban J connectivity index is 1.61. The summed E-state index contributed by atoms with van der Waals surface area (Å²) < 4.78 is 38.4. The largest absolute Gasteiger partial charge is 0.454 e. The summed E-state index contributed by atoms with van der Waals surface area (Å²) in [5.41, 5.74) is 0.584. The molecule has 0 unspecified atom stereocenters. The number of rotatable bonds is 5. The molecular weight excluding hydrogens is 451 g/mol. The summed E-state index contributed by atoms with van der Waals surface area (Å²) in [7, 11) is -3.95. The van der Waals surface area contributed by atoms with Crippen molar-refractivity contribution < 1.29 is 22.7 Å². The Hall–Kier alpha value is -2.94. The summed E-state index contributed by atoms with van der Waals surface area (Å²) in [5.74, 6) is 0.528. The summed E-state index contributed by atoms with van der Waals surface area (Å²) in [6.45, 7) is 0.109. The van der Waals surface area contributed by atoms with Gasteiger partial charge in [-0.15, -0.1) is 0 Å². The molecule has 1 amide bonds. The number of benzene rings is 3. The van der Waals surface area contributed by atoms with Crippen LogP contribution in [0.25, 0.3) is 0 Å². The van der Waals surface area contributed by atoms with Gasteiger partial charge in [-0.25, -0.2) is 8.42 Å². The van der Waals surface area contributed by atoms with E-state index in [1.54, 1.807) is 18.2 Å². The van der Waals surface area contributed by atoms with E-state index in [2.05, 4.69) is 10.0 Å². The third-order valence-electron chi connectivity index (χ3n) is 4.22. The molecule has 0 saturated carbocycles. The van der Waals surface area contributed by atoms with Crippen LogP contribution in [0.5, 0.6) is 11.5 Å². The van der Waals surface area contributed by atoms with Crippen molar-refractivity contribution >= 4 is 50.5 Å². The number of fused-ring (bicyclic) bond motifs is 1. The van der Waals surface area contributed by atoms with Crippen LogP contribution in [0.15, 0.2) is 65.6 Å². The van der Waals surface area contributed by atoms with E-state index in [0.29, 0.717) is 22.2 Å². The first-order chi connectivity index (χ1) is 14.3. The van der Waals surface area contributed by atoms with Crippen LogP contribution in [0.2, 0.25) is 10.0 Å². The average molecular weight is 465 g/mol. The molecule has 3 aromatic rings. The lowest BCUT2D eigenvalue weighted by Gasteiger charge is -2.14. The molecule has 0 bridgehead atoms. The van der Waals surface area contributed by atoms with Gasteiger partial charge in [-0.3, -0.25) is 9.52 Å². The van der Waals surface area contributed by atoms with Crippen LogP contribution in [0.1, 0.15) is 10.4 Å². The highest BCUT2D eigenvalue weighted by atomic mass is 35.5. The van der Waals surface area contributed by atoms with Gasteiger partial charge >= 0.3 is 0 Å². The molecule has 1 aliphatic rings. The number of halogens is 2. The minimum atomic E-state index is -3.95. The second kappa shape index (κ2) is 8.06. The first-order valence-electron chi connectivity index (χ1n) is 8.61. The summed E-state index contributed by atoms with van der Waals surface area (Å²) in [6.07, 6.45) is 0. The third-order valence-corrected chi connectivity index (χ3v) is 6.09. The zero-order valence-electron chi connectivity index (χ0n) is 15.2. The topological polar surface area (TPSA) is 93.7 Å². The van der Waals surface area contributed by atoms with Crippen LogP contribution >= 0.6 is 23.2 Å². The molecule has 30 heavy (non-hydrogen) atoms. The molecule has 10 heteroatoms. The van der Waals surface area contributed by atoms with E-state index in [1.807, 2.05) is 0 Å². The van der Waals surface area contributed by atoms with E-state index >= 15 is 0 Å². The molecule has 0 radical (unpaired) electrons. The van der Waals surface area contributed by atoms with Gasteiger partial charge in [0.25, 0.3) is 15.9 Å². The van der Waals surface area contributed by atoms with Crippen LogP contribution in [-0.4, -0.2) is 21.1 Å². The van der Waals surface area contributed by atoms with Gasteiger partial charge < -0.3 is 14.8 Å². The number of amides is 1. The monoisotopic (exact) mass is 464 g/mol. The van der Waals surface area contributed by atoms with Crippen molar-refractivity contribution in [3.63, 3.8) is 0 Å². The number of hydrogen-bond acceptors (Lipinski definition) is 5. The number of sulfonamides is 1. The average Bonchev–Trinajstić information content (AvgIpc) is 3.17. The number of hydrogen-bond donors (Lipinski definition) is 2. The number of anilines is 2. The maximum atomic E-state index is 12.9. The molecule has 0 aliphatic carbocycles. The summed E-state index contributed by atoms with van der Waals surface area (Å²) in [5, 5.41) is 3.39. The Morgan fingerprint density at radius 3 is 2.33 bits per heavy atom. The van der Waals surface area contributed by atoms with Gasteiger partial charge in [-0.05, 0) is 54.6 Å². The van der Waals surface area contributed by atoms with Crippen LogP contribution in [0.3, 0.4) is 0 Å². The SMILES string of the molecule is O=C(Nc1ccc2c(c1)OCO2)c1cc(Cl)ccc1NS(=O)(=O)c1ccc(Cl)cc1. The van der Waals surface area contributed by atoms with Crippen molar-refractivity contribution in [2.75, 3.05) is 16.8 Å². The zero-order chi connectivity index (χ0) is 21.3. The van der Waals surface area contributed by atoms with Gasteiger partial charge in [0.2, 0.25) is 6.79 Å². The van der Waals surface area contributed by atoms with E-state index in [4.69, 9.17) is 32.7 Å². The summed E-state index contributed by atoms with van der Waals surface area (Å²) in [4.78, 5) is 12.9. The van der Waals surface area contributed by atoms with Gasteiger partial charge in [0.15, 0.2) is 11.5 Å². The first-order valence-corrected chi connectivity index (χ1v) is 10.8. The maximum Gasteiger partial charge on any atom is 0.261 e. The van der Waals surface area contributed by atoms with E-state index in [0.717, 1.165) is 0 Å². The van der Waals surface area contributed by atoms with E-state index in [9.17, 15) is 13.2 Å². The highest BCUT2D eigenvalue weighted by Gasteiger charge is 2.20. The van der Waals surface area contributed by atoms with Crippen molar-refractivity contribution in [3.05, 3.63) is 76.3 Å². The Bertz CT molecular complexity index is 1230. The molecule has 3 aromatic carbocycles. The fraction of sp³-hybridized carbons (Fsp3) is 0.0500. The Kier molecular flexibility index (Phi) is 5.46. The fourth-order valence-corrected chi connectivity index (χ4v) is 4.16. The number of carbonyl (C=O) groups excluding carboxylic acids is 1. The summed E-state index contributed by atoms with van der Waals surface area (Å²) in [6, 6.07) is 14.9. The molecule has 0 saturated heterocycles. The van der Waals surface area contributed by atoms with Crippen LogP contribution in [0.4, 0.5) is 11.4 Å². The molecular formula is C20H14Cl2N2O5S. The van der Waals surface area contributed by atoms with E-state index < -0.39 is 15.9 Å². The van der Waals surface area contributed by atoms with Gasteiger partial charge in [0.1, 0.15) is 0 Å². The number of nitrogens with one attached hydrogen (secondary N) is 2. The highest BCUT2D eigenvalue weighted by molar-refractivity contribution is 7.92. The maximum absolute atomic E-state index is 12.9. The van der Waals surface area contributed by atoms with E-state index in [-0.39, 0.29) is 28.0 Å². The van der Waals surface area contributed by atoms with Crippen molar-refractivity contribution in [1.82, 2.24) is 0 Å². The van der Waals surface area contributed by atoms with Gasteiger partial charge in [0, 0.05) is 21.8 Å². The van der Waals surface area contributed by atoms with Gasteiger partial charge in [-0.1, -0.05) is 23.2 Å². The molecule has 2 N–H and O–H groups in total. The predicted molar refractivity (Wildman–Crippen MR) is 114 cm³/mol. The lowest BCUT2D eigenvalue weighted by atomic mass is 10.1. The quantitative estimate of drug-likeness (QED) is 0.566. The molecule has 0 fully saturated rings.